The summed E-state index contributed by atoms with van der Waals surface area (Å²) in [5, 5.41) is 16.2. The molecule has 2 aromatic carbocycles. The third kappa shape index (κ3) is 4.11. The van der Waals surface area contributed by atoms with Gasteiger partial charge in [0.15, 0.2) is 0 Å². The smallest absolute Gasteiger partial charge is 0.261 e. The number of aromatic nitrogens is 5. The highest BCUT2D eigenvalue weighted by Gasteiger charge is 2.17. The highest BCUT2D eigenvalue weighted by atomic mass is 79.9. The Morgan fingerprint density at radius 2 is 2.15 bits per heavy atom. The molecule has 3 aromatic heterocycles. The molecular weight excluding hydrogens is 498 g/mol. The van der Waals surface area contributed by atoms with Crippen molar-refractivity contribution in [1.29, 1.82) is 0 Å². The number of H-pyrrole nitrogens is 2. The molecule has 5 aromatic rings. The summed E-state index contributed by atoms with van der Waals surface area (Å²) in [4.78, 5) is 27.7. The number of nitrogens with zero attached hydrogens (tertiary/aromatic N) is 4. The zero-order valence-electron chi connectivity index (χ0n) is 18.1. The molecule has 0 bridgehead atoms. The van der Waals surface area contributed by atoms with Crippen LogP contribution >= 0.6 is 15.9 Å². The minimum Gasteiger partial charge on any atom is -0.411 e. The Hall–Kier alpha value is -4.18. The van der Waals surface area contributed by atoms with Gasteiger partial charge >= 0.3 is 0 Å². The number of fused-ring (bicyclic) bond motifs is 1. The van der Waals surface area contributed by atoms with E-state index < -0.39 is 0 Å². The molecule has 0 amide bonds. The number of benzene rings is 2. The number of aryl methyl sites for hydroxylation is 1. The Kier molecular flexibility index (Phi) is 5.72. The Balaban J connectivity index is 1.51. The number of nitrogens with one attached hydrogen (secondary N) is 3. The predicted octanol–water partition coefficient (Wildman–Crippen LogP) is 4.47. The first-order chi connectivity index (χ1) is 16.5. The van der Waals surface area contributed by atoms with E-state index in [2.05, 4.69) is 41.4 Å². The van der Waals surface area contributed by atoms with Crippen molar-refractivity contribution >= 4 is 38.4 Å². The van der Waals surface area contributed by atoms with Gasteiger partial charge in [-0.05, 0) is 42.8 Å². The molecular formula is C24H20BrN7O2. The summed E-state index contributed by atoms with van der Waals surface area (Å²) >= 11 is 3.43. The summed E-state index contributed by atoms with van der Waals surface area (Å²) < 4.78 is 2.78. The van der Waals surface area contributed by atoms with Crippen LogP contribution in [0.1, 0.15) is 11.1 Å². The number of rotatable bonds is 6. The molecule has 0 spiro atoms. The number of hydrogen-bond donors (Lipinski definition) is 4. The molecule has 0 unspecified atom stereocenters. The third-order valence-corrected chi connectivity index (χ3v) is 5.98. The molecule has 9 nitrogen and oxygen atoms in total. The van der Waals surface area contributed by atoms with Gasteiger partial charge in [0.2, 0.25) is 0 Å². The average molecular weight is 518 g/mol. The van der Waals surface area contributed by atoms with Gasteiger partial charge in [-0.1, -0.05) is 33.2 Å². The fraction of sp³-hybridized carbons (Fsp3) is 0.0833. The fourth-order valence-corrected chi connectivity index (χ4v) is 4.25. The van der Waals surface area contributed by atoms with Gasteiger partial charge < -0.3 is 25.1 Å². The van der Waals surface area contributed by atoms with Gasteiger partial charge in [-0.25, -0.2) is 9.97 Å². The molecule has 3 heterocycles. The first-order valence-electron chi connectivity index (χ1n) is 10.4. The van der Waals surface area contributed by atoms with Crippen molar-refractivity contribution in [3.63, 3.8) is 0 Å². The van der Waals surface area contributed by atoms with E-state index in [1.807, 2.05) is 54.1 Å². The molecule has 0 radical (unpaired) electrons. The van der Waals surface area contributed by atoms with E-state index in [1.54, 1.807) is 24.8 Å². The Labute approximate surface area is 202 Å². The minimum atomic E-state index is -0.290. The van der Waals surface area contributed by atoms with E-state index in [1.165, 1.54) is 0 Å². The van der Waals surface area contributed by atoms with Crippen LogP contribution in [0.15, 0.2) is 81.8 Å². The van der Waals surface area contributed by atoms with Crippen LogP contribution in [0.2, 0.25) is 0 Å². The van der Waals surface area contributed by atoms with Crippen LogP contribution in [0, 0.1) is 6.92 Å². The van der Waals surface area contributed by atoms with Crippen molar-refractivity contribution < 1.29 is 5.21 Å². The van der Waals surface area contributed by atoms with Gasteiger partial charge in [-0.2, -0.15) is 0 Å². The van der Waals surface area contributed by atoms with Crippen molar-refractivity contribution in [1.82, 2.24) is 24.5 Å². The molecule has 10 heteroatoms. The zero-order chi connectivity index (χ0) is 23.7. The first kappa shape index (κ1) is 21.7. The third-order valence-electron chi connectivity index (χ3n) is 5.49. The van der Waals surface area contributed by atoms with Crippen molar-refractivity contribution in [3.05, 3.63) is 93.3 Å². The molecule has 0 aliphatic carbocycles. The topological polar surface area (TPSA) is 124 Å². The summed E-state index contributed by atoms with van der Waals surface area (Å²) in [5.74, 6) is 0.440. The minimum absolute atomic E-state index is 0.202. The van der Waals surface area contributed by atoms with E-state index in [0.29, 0.717) is 22.8 Å². The van der Waals surface area contributed by atoms with Crippen LogP contribution in [0.3, 0.4) is 0 Å². The van der Waals surface area contributed by atoms with Gasteiger partial charge in [0, 0.05) is 34.3 Å². The molecule has 0 aliphatic rings. The van der Waals surface area contributed by atoms with Crippen LogP contribution in [-0.4, -0.2) is 42.0 Å². The second-order valence-electron chi connectivity index (χ2n) is 7.72. The van der Waals surface area contributed by atoms with Crippen molar-refractivity contribution in [2.24, 2.45) is 5.16 Å². The number of oxime groups is 1. The second kappa shape index (κ2) is 8.99. The van der Waals surface area contributed by atoms with Gasteiger partial charge in [-0.3, -0.25) is 4.79 Å². The van der Waals surface area contributed by atoms with Crippen LogP contribution in [-0.2, 0) is 0 Å². The first-order valence-corrected chi connectivity index (χ1v) is 11.2. The number of aromatic amines is 2. The van der Waals surface area contributed by atoms with Gasteiger partial charge in [0.1, 0.15) is 17.1 Å². The van der Waals surface area contributed by atoms with E-state index in [4.69, 9.17) is 4.98 Å². The van der Waals surface area contributed by atoms with Gasteiger partial charge in [0.05, 0.1) is 29.6 Å². The van der Waals surface area contributed by atoms with Crippen LogP contribution < -0.4 is 10.9 Å². The maximum atomic E-state index is 12.8. The molecule has 170 valence electrons. The van der Waals surface area contributed by atoms with Crippen molar-refractivity contribution in [3.8, 4) is 17.1 Å². The average Bonchev–Trinajstić information content (AvgIpc) is 3.50. The highest BCUT2D eigenvalue weighted by molar-refractivity contribution is 9.10. The van der Waals surface area contributed by atoms with E-state index in [-0.39, 0.29) is 12.1 Å². The lowest BCUT2D eigenvalue weighted by Gasteiger charge is -2.11. The summed E-state index contributed by atoms with van der Waals surface area (Å²) in [6.45, 7) is 2.18. The number of hydrogen-bond acceptors (Lipinski definition) is 6. The van der Waals surface area contributed by atoms with E-state index >= 15 is 0 Å². The Morgan fingerprint density at radius 3 is 2.91 bits per heavy atom. The number of anilines is 1. The van der Waals surface area contributed by atoms with E-state index in [0.717, 1.165) is 32.3 Å². The lowest BCUT2D eigenvalue weighted by atomic mass is 10.1. The fourth-order valence-electron chi connectivity index (χ4n) is 3.85. The second-order valence-corrected chi connectivity index (χ2v) is 8.64. The molecule has 5 rings (SSSR count). The van der Waals surface area contributed by atoms with Crippen LogP contribution in [0.5, 0.6) is 0 Å². The summed E-state index contributed by atoms with van der Waals surface area (Å²) in [5.41, 5.74) is 5.31. The number of halogens is 1. The summed E-state index contributed by atoms with van der Waals surface area (Å²) in [6.07, 6.45) is 6.88. The zero-order valence-corrected chi connectivity index (χ0v) is 19.7. The standard InChI is InChI=1S/C24H20BrN7O2/c1-14-9-17(32-8-7-26-13-32)11-19-22(14)30-23(29-19)21-18(5-6-27-24(21)33)28-12-20(31-34)15-3-2-4-16(25)10-15/h2-11,13,34H,12H2,1H3,(H,29,30)(H2,27,28,33)/b31-20-. The van der Waals surface area contributed by atoms with Crippen LogP contribution in [0.4, 0.5) is 5.69 Å². The monoisotopic (exact) mass is 517 g/mol. The Morgan fingerprint density at radius 1 is 1.26 bits per heavy atom. The molecule has 34 heavy (non-hydrogen) atoms. The SMILES string of the molecule is Cc1cc(-n2ccnc2)cc2[nH]c(-c3c(NC/C(=N/O)c4cccc(Br)c4)cc[nH]c3=O)nc12. The van der Waals surface area contributed by atoms with Crippen molar-refractivity contribution in [2.75, 3.05) is 11.9 Å². The lowest BCUT2D eigenvalue weighted by Crippen LogP contribution is -2.19. The van der Waals surface area contributed by atoms with Crippen molar-refractivity contribution in [2.45, 2.75) is 6.92 Å². The molecule has 0 atom stereocenters. The predicted molar refractivity (Wildman–Crippen MR) is 135 cm³/mol. The van der Waals surface area contributed by atoms with Gasteiger partial charge in [0.25, 0.3) is 5.56 Å². The maximum Gasteiger partial charge on any atom is 0.261 e. The van der Waals surface area contributed by atoms with E-state index in [9.17, 15) is 10.0 Å². The molecule has 0 saturated carbocycles. The largest absolute Gasteiger partial charge is 0.411 e. The molecule has 0 saturated heterocycles. The molecule has 0 aliphatic heterocycles. The molecule has 4 N–H and O–H groups in total. The summed E-state index contributed by atoms with van der Waals surface area (Å²) in [6, 6.07) is 13.2. The number of pyridine rings is 1. The van der Waals surface area contributed by atoms with Gasteiger partial charge in [-0.15, -0.1) is 0 Å². The Bertz CT molecular complexity index is 1570. The summed E-state index contributed by atoms with van der Waals surface area (Å²) in [7, 11) is 0. The normalized spacial score (nSPS) is 11.8. The molecule has 0 fully saturated rings. The number of imidazole rings is 2. The van der Waals surface area contributed by atoms with Crippen LogP contribution in [0.25, 0.3) is 28.1 Å². The lowest BCUT2D eigenvalue weighted by molar-refractivity contribution is 0.319. The maximum absolute atomic E-state index is 12.8. The quantitative estimate of drug-likeness (QED) is 0.150. The highest BCUT2D eigenvalue weighted by Crippen LogP contribution is 2.27.